The van der Waals surface area contributed by atoms with Crippen molar-refractivity contribution >= 4 is 16.9 Å². The molecule has 0 bridgehead atoms. The van der Waals surface area contributed by atoms with Crippen molar-refractivity contribution in [2.75, 3.05) is 7.11 Å². The molecule has 0 atom stereocenters. The Morgan fingerprint density at radius 2 is 2.00 bits per heavy atom. The average Bonchev–Trinajstić information content (AvgIpc) is 2.95. The van der Waals surface area contributed by atoms with Crippen LogP contribution in [0.1, 0.15) is 10.4 Å². The lowest BCUT2D eigenvalue weighted by atomic mass is 10.1. The third-order valence-electron chi connectivity index (χ3n) is 2.99. The van der Waals surface area contributed by atoms with Gasteiger partial charge in [0.05, 0.1) is 18.8 Å². The molecule has 1 N–H and O–H groups in total. The topological polar surface area (TPSA) is 64.2 Å². The number of H-pyrrole nitrogens is 1. The Hall–Kier alpha value is -2.89. The summed E-state index contributed by atoms with van der Waals surface area (Å²) < 4.78 is 23.3. The molecule has 0 spiro atoms. The number of rotatable bonds is 3. The van der Waals surface area contributed by atoms with Gasteiger partial charge in [0.15, 0.2) is 0 Å². The number of methoxy groups -OCH3 is 1. The summed E-state index contributed by atoms with van der Waals surface area (Å²) in [5, 5.41) is 7.47. The number of carbonyl (C=O) groups is 1. The first-order chi connectivity index (χ1) is 10.2. The van der Waals surface area contributed by atoms with Crippen LogP contribution >= 0.6 is 0 Å². The molecule has 3 rings (SSSR count). The average molecular weight is 286 g/mol. The van der Waals surface area contributed by atoms with E-state index >= 15 is 0 Å². The highest BCUT2D eigenvalue weighted by Crippen LogP contribution is 2.30. The van der Waals surface area contributed by atoms with Gasteiger partial charge in [0, 0.05) is 5.39 Å². The number of benzene rings is 2. The molecule has 0 unspecified atom stereocenters. The monoisotopic (exact) mass is 286 g/mol. The molecule has 21 heavy (non-hydrogen) atoms. The van der Waals surface area contributed by atoms with Gasteiger partial charge in [-0.3, -0.25) is 5.10 Å². The van der Waals surface area contributed by atoms with Crippen LogP contribution in [0.5, 0.6) is 11.5 Å². The first kappa shape index (κ1) is 13.1. The number of nitrogens with zero attached hydrogens (tertiary/aromatic N) is 1. The van der Waals surface area contributed by atoms with E-state index in [0.717, 1.165) is 5.39 Å². The molecule has 0 saturated carbocycles. The number of aromatic amines is 1. The first-order valence-electron chi connectivity index (χ1n) is 6.16. The summed E-state index contributed by atoms with van der Waals surface area (Å²) in [5.74, 6) is -0.142. The van der Waals surface area contributed by atoms with Crippen molar-refractivity contribution in [2.45, 2.75) is 0 Å². The lowest BCUT2D eigenvalue weighted by Crippen LogP contribution is -2.03. The van der Waals surface area contributed by atoms with Gasteiger partial charge in [0.1, 0.15) is 22.9 Å². The molecule has 106 valence electrons. The summed E-state index contributed by atoms with van der Waals surface area (Å²) in [6.45, 7) is 0. The van der Waals surface area contributed by atoms with Crippen LogP contribution in [0.4, 0.5) is 4.39 Å². The number of carbonyl (C=O) groups excluding carboxylic acids is 1. The number of hydrogen-bond acceptors (Lipinski definition) is 4. The number of nitrogens with one attached hydrogen (secondary N) is 1. The number of fused-ring (bicyclic) bond motifs is 1. The Kier molecular flexibility index (Phi) is 3.27. The van der Waals surface area contributed by atoms with Crippen LogP contribution in [0.15, 0.2) is 42.6 Å². The van der Waals surface area contributed by atoms with Crippen molar-refractivity contribution in [3.05, 3.63) is 54.0 Å². The minimum Gasteiger partial charge on any atom is -0.465 e. The fraction of sp³-hybridized carbons (Fsp3) is 0.0667. The molecular weight excluding hydrogens is 275 g/mol. The van der Waals surface area contributed by atoms with Gasteiger partial charge in [-0.2, -0.15) is 5.10 Å². The molecule has 0 radical (unpaired) electrons. The second kappa shape index (κ2) is 5.24. The van der Waals surface area contributed by atoms with E-state index in [0.29, 0.717) is 17.0 Å². The maximum Gasteiger partial charge on any atom is 0.341 e. The van der Waals surface area contributed by atoms with Gasteiger partial charge >= 0.3 is 5.97 Å². The second-order valence-electron chi connectivity index (χ2n) is 4.35. The molecule has 0 amide bonds. The van der Waals surface area contributed by atoms with E-state index in [1.807, 2.05) is 0 Å². The Balaban J connectivity index is 2.06. The van der Waals surface area contributed by atoms with E-state index in [9.17, 15) is 9.18 Å². The van der Waals surface area contributed by atoms with Crippen molar-refractivity contribution in [1.82, 2.24) is 10.2 Å². The number of aromatic nitrogens is 2. The zero-order valence-electron chi connectivity index (χ0n) is 11.1. The summed E-state index contributed by atoms with van der Waals surface area (Å²) in [4.78, 5) is 11.8. The number of hydrogen-bond donors (Lipinski definition) is 1. The molecule has 3 aromatic rings. The Morgan fingerprint density at radius 3 is 2.71 bits per heavy atom. The maximum absolute atomic E-state index is 12.9. The van der Waals surface area contributed by atoms with Gasteiger partial charge < -0.3 is 9.47 Å². The third-order valence-corrected chi connectivity index (χ3v) is 2.99. The zero-order valence-corrected chi connectivity index (χ0v) is 11.1. The van der Waals surface area contributed by atoms with Crippen molar-refractivity contribution < 1.29 is 18.7 Å². The van der Waals surface area contributed by atoms with Gasteiger partial charge in [-0.1, -0.05) is 0 Å². The van der Waals surface area contributed by atoms with Gasteiger partial charge in [-0.25, -0.2) is 9.18 Å². The normalized spacial score (nSPS) is 10.6. The minimum atomic E-state index is -0.524. The molecule has 1 heterocycles. The van der Waals surface area contributed by atoms with Crippen molar-refractivity contribution in [3.63, 3.8) is 0 Å². The van der Waals surface area contributed by atoms with Crippen LogP contribution in [-0.2, 0) is 4.74 Å². The van der Waals surface area contributed by atoms with Crippen LogP contribution in [-0.4, -0.2) is 23.3 Å². The quantitative estimate of drug-likeness (QED) is 0.750. The number of esters is 1. The highest BCUT2D eigenvalue weighted by molar-refractivity contribution is 5.97. The highest BCUT2D eigenvalue weighted by Gasteiger charge is 2.16. The minimum absolute atomic E-state index is 0.263. The molecule has 0 aliphatic carbocycles. The van der Waals surface area contributed by atoms with E-state index in [-0.39, 0.29) is 11.4 Å². The molecule has 0 aliphatic rings. The molecule has 0 saturated heterocycles. The molecule has 5 nitrogen and oxygen atoms in total. The predicted molar refractivity (Wildman–Crippen MR) is 73.9 cm³/mol. The van der Waals surface area contributed by atoms with Crippen LogP contribution in [0.25, 0.3) is 10.9 Å². The fourth-order valence-corrected chi connectivity index (χ4v) is 1.95. The largest absolute Gasteiger partial charge is 0.465 e. The second-order valence-corrected chi connectivity index (χ2v) is 4.35. The summed E-state index contributed by atoms with van der Waals surface area (Å²) in [7, 11) is 1.29. The Bertz CT molecular complexity index is 796. The van der Waals surface area contributed by atoms with Crippen molar-refractivity contribution in [1.29, 1.82) is 0 Å². The van der Waals surface area contributed by atoms with Crippen molar-refractivity contribution in [2.24, 2.45) is 0 Å². The van der Waals surface area contributed by atoms with Gasteiger partial charge in [0.2, 0.25) is 0 Å². The molecule has 0 aliphatic heterocycles. The molecule has 2 aromatic carbocycles. The molecular formula is C15H11FN2O3. The Morgan fingerprint density at radius 1 is 1.24 bits per heavy atom. The summed E-state index contributed by atoms with van der Waals surface area (Å²) in [6.07, 6.45) is 1.62. The first-order valence-corrected chi connectivity index (χ1v) is 6.16. The lowest BCUT2D eigenvalue weighted by molar-refractivity contribution is 0.0598. The van der Waals surface area contributed by atoms with E-state index < -0.39 is 5.97 Å². The van der Waals surface area contributed by atoms with Gasteiger partial charge in [-0.15, -0.1) is 0 Å². The SMILES string of the molecule is COC(=O)c1cc2[nH]ncc2cc1Oc1ccc(F)cc1. The van der Waals surface area contributed by atoms with E-state index in [1.54, 1.807) is 18.3 Å². The van der Waals surface area contributed by atoms with Crippen molar-refractivity contribution in [3.8, 4) is 11.5 Å². The van der Waals surface area contributed by atoms with E-state index in [2.05, 4.69) is 10.2 Å². The lowest BCUT2D eigenvalue weighted by Gasteiger charge is -2.10. The number of ether oxygens (including phenoxy) is 2. The number of halogens is 1. The smallest absolute Gasteiger partial charge is 0.341 e. The molecule has 1 aromatic heterocycles. The maximum atomic E-state index is 12.9. The summed E-state index contributed by atoms with van der Waals surface area (Å²) in [5.41, 5.74) is 0.959. The van der Waals surface area contributed by atoms with Gasteiger partial charge in [0.25, 0.3) is 0 Å². The fourth-order valence-electron chi connectivity index (χ4n) is 1.95. The standard InChI is InChI=1S/C15H11FN2O3/c1-20-15(19)12-7-13-9(8-17-18-13)6-14(12)21-11-4-2-10(16)3-5-11/h2-8H,1H3,(H,17,18). The summed E-state index contributed by atoms with van der Waals surface area (Å²) >= 11 is 0. The van der Waals surface area contributed by atoms with Crippen LogP contribution in [0.3, 0.4) is 0 Å². The molecule has 6 heteroatoms. The third kappa shape index (κ3) is 2.55. The summed E-state index contributed by atoms with van der Waals surface area (Å²) in [6, 6.07) is 8.81. The van der Waals surface area contributed by atoms with Crippen LogP contribution in [0.2, 0.25) is 0 Å². The van der Waals surface area contributed by atoms with E-state index in [4.69, 9.17) is 9.47 Å². The molecule has 0 fully saturated rings. The van der Waals surface area contributed by atoms with E-state index in [1.165, 1.54) is 31.4 Å². The predicted octanol–water partition coefficient (Wildman–Crippen LogP) is 3.28. The highest BCUT2D eigenvalue weighted by atomic mass is 19.1. The Labute approximate surface area is 119 Å². The van der Waals surface area contributed by atoms with Gasteiger partial charge in [-0.05, 0) is 36.4 Å². The van der Waals surface area contributed by atoms with Crippen LogP contribution < -0.4 is 4.74 Å². The zero-order chi connectivity index (χ0) is 14.8. The van der Waals surface area contributed by atoms with Crippen LogP contribution in [0, 0.1) is 5.82 Å².